The number of aromatic nitrogens is 1. The molecule has 0 saturated carbocycles. The van der Waals surface area contributed by atoms with E-state index >= 15 is 0 Å². The number of hydrogen-bond acceptors (Lipinski definition) is 2. The van der Waals surface area contributed by atoms with Crippen LogP contribution >= 0.6 is 0 Å². The molecule has 0 fully saturated rings. The molecule has 0 spiro atoms. The molecular weight excluding hydrogens is 202 g/mol. The van der Waals surface area contributed by atoms with E-state index < -0.39 is 0 Å². The van der Waals surface area contributed by atoms with Crippen LogP contribution in [0.4, 0.5) is 0 Å². The summed E-state index contributed by atoms with van der Waals surface area (Å²) in [6, 6.07) is 9.52. The van der Waals surface area contributed by atoms with Crippen molar-refractivity contribution in [3.05, 3.63) is 59.1 Å². The van der Waals surface area contributed by atoms with E-state index in [-0.39, 0.29) is 5.56 Å². The number of benzene rings is 1. The lowest BCUT2D eigenvalue weighted by Crippen LogP contribution is -2.14. The van der Waals surface area contributed by atoms with Gasteiger partial charge in [-0.1, -0.05) is 36.4 Å². The third-order valence-corrected chi connectivity index (χ3v) is 2.40. The van der Waals surface area contributed by atoms with Crippen LogP contribution in [0, 0.1) is 6.92 Å². The predicted octanol–water partition coefficient (Wildman–Crippen LogP) is 2.60. The van der Waals surface area contributed by atoms with Gasteiger partial charge in [-0.15, -0.1) is 6.58 Å². The summed E-state index contributed by atoms with van der Waals surface area (Å²) in [6.07, 6.45) is 1.64. The van der Waals surface area contributed by atoms with Crippen molar-refractivity contribution in [1.82, 2.24) is 4.74 Å². The molecular formula is C13H13NO2. The lowest BCUT2D eigenvalue weighted by Gasteiger charge is -1.94. The molecule has 2 aromatic rings. The third kappa shape index (κ3) is 1.72. The largest absolute Gasteiger partial charge is 0.380 e. The van der Waals surface area contributed by atoms with Crippen molar-refractivity contribution >= 4 is 0 Å². The molecule has 0 unspecified atom stereocenters. The second-order valence-electron chi connectivity index (χ2n) is 3.54. The molecule has 82 valence electrons. The fourth-order valence-corrected chi connectivity index (χ4v) is 1.70. The Kier molecular flexibility index (Phi) is 2.77. The number of rotatable bonds is 3. The van der Waals surface area contributed by atoms with Crippen molar-refractivity contribution in [3.63, 3.8) is 0 Å². The Morgan fingerprint density at radius 3 is 2.69 bits per heavy atom. The van der Waals surface area contributed by atoms with E-state index in [9.17, 15) is 4.79 Å². The Bertz CT molecular complexity index is 549. The van der Waals surface area contributed by atoms with Crippen LogP contribution in [0.1, 0.15) is 5.76 Å². The molecule has 0 aliphatic heterocycles. The molecule has 0 amide bonds. The summed E-state index contributed by atoms with van der Waals surface area (Å²) in [6.45, 7) is 5.78. The van der Waals surface area contributed by atoms with Gasteiger partial charge in [0.05, 0.1) is 12.1 Å². The summed E-state index contributed by atoms with van der Waals surface area (Å²) in [5.41, 5.74) is 1.41. The summed E-state index contributed by atoms with van der Waals surface area (Å²) >= 11 is 0. The van der Waals surface area contributed by atoms with Crippen molar-refractivity contribution in [2.75, 3.05) is 0 Å². The topological polar surface area (TPSA) is 35.1 Å². The van der Waals surface area contributed by atoms with Crippen LogP contribution in [0.15, 0.2) is 52.3 Å². The second kappa shape index (κ2) is 4.23. The maximum atomic E-state index is 12.0. The monoisotopic (exact) mass is 215 g/mol. The Balaban J connectivity index is 2.58. The zero-order chi connectivity index (χ0) is 11.5. The minimum Gasteiger partial charge on any atom is -0.380 e. The molecule has 1 aromatic heterocycles. The average molecular weight is 215 g/mol. The molecule has 0 aliphatic rings. The standard InChI is InChI=1S/C13H13NO2/c1-3-9-14-13(15)12(10(2)16-14)11-7-5-4-6-8-11/h3-8H,1,9H2,2H3. The van der Waals surface area contributed by atoms with E-state index in [4.69, 9.17) is 4.52 Å². The number of allylic oxidation sites excluding steroid dienone is 1. The molecule has 1 heterocycles. The van der Waals surface area contributed by atoms with Gasteiger partial charge >= 0.3 is 0 Å². The fourth-order valence-electron chi connectivity index (χ4n) is 1.70. The van der Waals surface area contributed by atoms with E-state index in [1.807, 2.05) is 30.3 Å². The fraction of sp³-hybridized carbons (Fsp3) is 0.154. The molecule has 2 rings (SSSR count). The number of hydrogen-bond donors (Lipinski definition) is 0. The van der Waals surface area contributed by atoms with Crippen LogP contribution < -0.4 is 5.56 Å². The van der Waals surface area contributed by atoms with E-state index in [2.05, 4.69) is 6.58 Å². The first-order valence-corrected chi connectivity index (χ1v) is 5.11. The predicted molar refractivity (Wildman–Crippen MR) is 63.3 cm³/mol. The summed E-state index contributed by atoms with van der Waals surface area (Å²) in [4.78, 5) is 12.0. The van der Waals surface area contributed by atoms with E-state index in [1.165, 1.54) is 4.74 Å². The zero-order valence-electron chi connectivity index (χ0n) is 9.14. The molecule has 0 bridgehead atoms. The summed E-state index contributed by atoms with van der Waals surface area (Å²) in [5, 5.41) is 0. The molecule has 3 heteroatoms. The molecule has 0 atom stereocenters. The number of nitrogens with zero attached hydrogens (tertiary/aromatic N) is 1. The van der Waals surface area contributed by atoms with Gasteiger partial charge in [-0.3, -0.25) is 4.79 Å². The van der Waals surface area contributed by atoms with Crippen LogP contribution in [0.25, 0.3) is 11.1 Å². The van der Waals surface area contributed by atoms with E-state index in [0.29, 0.717) is 17.9 Å². The summed E-state index contributed by atoms with van der Waals surface area (Å²) < 4.78 is 6.68. The van der Waals surface area contributed by atoms with Gasteiger partial charge in [-0.25, -0.2) is 0 Å². The van der Waals surface area contributed by atoms with Crippen molar-refractivity contribution in [3.8, 4) is 11.1 Å². The highest BCUT2D eigenvalue weighted by Crippen LogP contribution is 2.19. The average Bonchev–Trinajstić information content (AvgIpc) is 2.56. The Labute approximate surface area is 93.6 Å². The Morgan fingerprint density at radius 1 is 1.38 bits per heavy atom. The molecule has 0 saturated heterocycles. The lowest BCUT2D eigenvalue weighted by atomic mass is 10.1. The van der Waals surface area contributed by atoms with Crippen molar-refractivity contribution in [2.45, 2.75) is 13.5 Å². The van der Waals surface area contributed by atoms with E-state index in [0.717, 1.165) is 5.56 Å². The van der Waals surface area contributed by atoms with Crippen molar-refractivity contribution < 1.29 is 4.52 Å². The molecule has 1 aromatic carbocycles. The van der Waals surface area contributed by atoms with Gasteiger partial charge in [0, 0.05) is 0 Å². The normalized spacial score (nSPS) is 10.3. The van der Waals surface area contributed by atoms with Crippen LogP contribution in [0.5, 0.6) is 0 Å². The summed E-state index contributed by atoms with van der Waals surface area (Å²) in [7, 11) is 0. The van der Waals surface area contributed by atoms with Crippen molar-refractivity contribution in [1.29, 1.82) is 0 Å². The first-order chi connectivity index (χ1) is 7.74. The molecule has 16 heavy (non-hydrogen) atoms. The molecule has 0 N–H and O–H groups in total. The maximum absolute atomic E-state index is 12.0. The maximum Gasteiger partial charge on any atom is 0.290 e. The highest BCUT2D eigenvalue weighted by Gasteiger charge is 2.14. The van der Waals surface area contributed by atoms with Crippen LogP contribution in [0.2, 0.25) is 0 Å². The van der Waals surface area contributed by atoms with Gasteiger partial charge in [0.15, 0.2) is 0 Å². The van der Waals surface area contributed by atoms with Gasteiger partial charge in [0.25, 0.3) is 5.56 Å². The minimum absolute atomic E-state index is 0.108. The SMILES string of the molecule is C=CCn1oc(C)c(-c2ccccc2)c1=O. The number of aryl methyl sites for hydroxylation is 1. The zero-order valence-corrected chi connectivity index (χ0v) is 9.14. The van der Waals surface area contributed by atoms with Crippen LogP contribution in [-0.2, 0) is 6.54 Å². The van der Waals surface area contributed by atoms with Gasteiger partial charge < -0.3 is 4.52 Å². The highest BCUT2D eigenvalue weighted by molar-refractivity contribution is 5.63. The first kappa shape index (κ1) is 10.5. The van der Waals surface area contributed by atoms with Gasteiger partial charge in [-0.05, 0) is 12.5 Å². The van der Waals surface area contributed by atoms with Gasteiger partial charge in [-0.2, -0.15) is 4.74 Å². The molecule has 0 aliphatic carbocycles. The quantitative estimate of drug-likeness (QED) is 0.738. The smallest absolute Gasteiger partial charge is 0.290 e. The van der Waals surface area contributed by atoms with Crippen LogP contribution in [0.3, 0.4) is 0 Å². The van der Waals surface area contributed by atoms with Gasteiger partial charge in [0.2, 0.25) is 0 Å². The Hall–Kier alpha value is -2.03. The molecule has 3 nitrogen and oxygen atoms in total. The lowest BCUT2D eigenvalue weighted by molar-refractivity contribution is 0.267. The minimum atomic E-state index is -0.108. The molecule has 0 radical (unpaired) electrons. The Morgan fingerprint density at radius 2 is 2.06 bits per heavy atom. The van der Waals surface area contributed by atoms with Crippen molar-refractivity contribution in [2.24, 2.45) is 0 Å². The summed E-state index contributed by atoms with van der Waals surface area (Å²) in [5.74, 6) is 0.637. The van der Waals surface area contributed by atoms with Gasteiger partial charge in [0.1, 0.15) is 5.76 Å². The highest BCUT2D eigenvalue weighted by atomic mass is 16.5. The second-order valence-corrected chi connectivity index (χ2v) is 3.54. The van der Waals surface area contributed by atoms with Crippen LogP contribution in [-0.4, -0.2) is 4.74 Å². The first-order valence-electron chi connectivity index (χ1n) is 5.11. The van der Waals surface area contributed by atoms with E-state index in [1.54, 1.807) is 13.0 Å². The third-order valence-electron chi connectivity index (χ3n) is 2.40.